The van der Waals surface area contributed by atoms with E-state index in [1.807, 2.05) is 6.07 Å². The number of ether oxygens (including phenoxy) is 1. The van der Waals surface area contributed by atoms with Crippen molar-refractivity contribution in [2.45, 2.75) is 0 Å². The van der Waals surface area contributed by atoms with Gasteiger partial charge in [-0.15, -0.1) is 0 Å². The number of methoxy groups -OCH3 is 1. The topological polar surface area (TPSA) is 50.1 Å². The standard InChI is InChI=1S/C11H9NO2/c1-14-11(13)7-6-9-2-4-10(8-12)5-3-9/h2-7H,1H3. The van der Waals surface area contributed by atoms with E-state index in [9.17, 15) is 4.79 Å². The van der Waals surface area contributed by atoms with Crippen molar-refractivity contribution in [1.82, 2.24) is 0 Å². The Morgan fingerprint density at radius 2 is 2.07 bits per heavy atom. The molecule has 0 saturated carbocycles. The average molecular weight is 187 g/mol. The van der Waals surface area contributed by atoms with Crippen LogP contribution in [0.1, 0.15) is 11.1 Å². The monoisotopic (exact) mass is 187 g/mol. The van der Waals surface area contributed by atoms with E-state index < -0.39 is 5.97 Å². The molecule has 0 fully saturated rings. The number of hydrogen-bond acceptors (Lipinski definition) is 3. The van der Waals surface area contributed by atoms with Crippen LogP contribution in [0.4, 0.5) is 0 Å². The molecule has 0 spiro atoms. The predicted octanol–water partition coefficient (Wildman–Crippen LogP) is 1.74. The Hall–Kier alpha value is -2.08. The van der Waals surface area contributed by atoms with Crippen molar-refractivity contribution in [1.29, 1.82) is 5.26 Å². The largest absolute Gasteiger partial charge is 0.466 e. The molecule has 3 heteroatoms. The van der Waals surface area contributed by atoms with E-state index >= 15 is 0 Å². The molecule has 0 unspecified atom stereocenters. The van der Waals surface area contributed by atoms with Gasteiger partial charge in [0.1, 0.15) is 0 Å². The van der Waals surface area contributed by atoms with Crippen molar-refractivity contribution >= 4 is 12.0 Å². The minimum atomic E-state index is -0.394. The van der Waals surface area contributed by atoms with Crippen LogP contribution in [0.2, 0.25) is 0 Å². The number of esters is 1. The number of carbonyl (C=O) groups excluding carboxylic acids is 1. The van der Waals surface area contributed by atoms with Crippen LogP contribution in [0.5, 0.6) is 0 Å². The summed E-state index contributed by atoms with van der Waals surface area (Å²) in [7, 11) is 1.32. The zero-order valence-corrected chi connectivity index (χ0v) is 7.73. The van der Waals surface area contributed by atoms with Gasteiger partial charge in [0.05, 0.1) is 18.7 Å². The van der Waals surface area contributed by atoms with Gasteiger partial charge in [0.15, 0.2) is 0 Å². The van der Waals surface area contributed by atoms with Crippen molar-refractivity contribution in [3.63, 3.8) is 0 Å². The lowest BCUT2D eigenvalue weighted by Crippen LogP contribution is -1.93. The maximum absolute atomic E-state index is 10.7. The summed E-state index contributed by atoms with van der Waals surface area (Å²) in [5.74, 6) is -0.394. The number of benzene rings is 1. The summed E-state index contributed by atoms with van der Waals surface area (Å²) in [4.78, 5) is 10.7. The molecule has 14 heavy (non-hydrogen) atoms. The van der Waals surface area contributed by atoms with Gasteiger partial charge in [0.25, 0.3) is 0 Å². The molecule has 0 amide bonds. The molecule has 0 aliphatic rings. The van der Waals surface area contributed by atoms with Gasteiger partial charge in [-0.25, -0.2) is 4.79 Å². The van der Waals surface area contributed by atoms with Crippen LogP contribution < -0.4 is 0 Å². The number of carbonyl (C=O) groups is 1. The molecule has 0 saturated heterocycles. The molecular weight excluding hydrogens is 178 g/mol. The molecule has 0 aromatic heterocycles. The molecule has 1 aromatic rings. The van der Waals surface area contributed by atoms with E-state index in [1.54, 1.807) is 30.3 Å². The molecule has 0 bridgehead atoms. The summed E-state index contributed by atoms with van der Waals surface area (Å²) in [6.45, 7) is 0. The molecule has 3 nitrogen and oxygen atoms in total. The zero-order chi connectivity index (χ0) is 10.4. The molecule has 0 aliphatic heterocycles. The molecule has 1 rings (SSSR count). The highest BCUT2D eigenvalue weighted by Gasteiger charge is 1.92. The maximum Gasteiger partial charge on any atom is 0.330 e. The molecule has 0 heterocycles. The van der Waals surface area contributed by atoms with E-state index in [4.69, 9.17) is 5.26 Å². The van der Waals surface area contributed by atoms with Gasteiger partial charge < -0.3 is 4.74 Å². The molecule has 0 atom stereocenters. The Labute approximate surface area is 82.2 Å². The summed E-state index contributed by atoms with van der Waals surface area (Å²) < 4.78 is 4.44. The van der Waals surface area contributed by atoms with E-state index in [1.165, 1.54) is 13.2 Å². The van der Waals surface area contributed by atoms with Crippen LogP contribution in [-0.4, -0.2) is 13.1 Å². The lowest BCUT2D eigenvalue weighted by molar-refractivity contribution is -0.134. The number of nitriles is 1. The highest BCUT2D eigenvalue weighted by molar-refractivity contribution is 5.86. The van der Waals surface area contributed by atoms with Gasteiger partial charge in [0.2, 0.25) is 0 Å². The molecule has 0 radical (unpaired) electrons. The lowest BCUT2D eigenvalue weighted by atomic mass is 10.1. The minimum absolute atomic E-state index is 0.394. The summed E-state index contributed by atoms with van der Waals surface area (Å²) in [5.41, 5.74) is 1.45. The summed E-state index contributed by atoms with van der Waals surface area (Å²) >= 11 is 0. The van der Waals surface area contributed by atoms with Gasteiger partial charge >= 0.3 is 5.97 Å². The average Bonchev–Trinajstić information content (AvgIpc) is 2.26. The van der Waals surface area contributed by atoms with Crippen LogP contribution in [-0.2, 0) is 9.53 Å². The van der Waals surface area contributed by atoms with Crippen molar-refractivity contribution < 1.29 is 9.53 Å². The summed E-state index contributed by atoms with van der Waals surface area (Å²) in [5, 5.41) is 8.54. The fourth-order valence-corrected chi connectivity index (χ4v) is 0.901. The SMILES string of the molecule is COC(=O)C=Cc1ccc(C#N)cc1. The summed E-state index contributed by atoms with van der Waals surface area (Å²) in [6.07, 6.45) is 2.97. The zero-order valence-electron chi connectivity index (χ0n) is 7.73. The normalized spacial score (nSPS) is 9.71. The number of hydrogen-bond donors (Lipinski definition) is 0. The first kappa shape index (κ1) is 10.0. The Kier molecular flexibility index (Phi) is 3.45. The first-order chi connectivity index (χ1) is 6.76. The van der Waals surface area contributed by atoms with E-state index in [-0.39, 0.29) is 0 Å². The van der Waals surface area contributed by atoms with E-state index in [0.717, 1.165) is 5.56 Å². The first-order valence-corrected chi connectivity index (χ1v) is 4.02. The lowest BCUT2D eigenvalue weighted by Gasteiger charge is -1.93. The fraction of sp³-hybridized carbons (Fsp3) is 0.0909. The number of rotatable bonds is 2. The predicted molar refractivity (Wildman–Crippen MR) is 52.2 cm³/mol. The first-order valence-electron chi connectivity index (χ1n) is 4.02. The van der Waals surface area contributed by atoms with Crippen LogP contribution >= 0.6 is 0 Å². The Bertz CT molecular complexity index is 385. The van der Waals surface area contributed by atoms with Crippen LogP contribution in [0.15, 0.2) is 30.3 Å². The van der Waals surface area contributed by atoms with Gasteiger partial charge in [-0.3, -0.25) is 0 Å². The van der Waals surface area contributed by atoms with Gasteiger partial charge in [-0.05, 0) is 23.8 Å². The van der Waals surface area contributed by atoms with Crippen molar-refractivity contribution in [2.75, 3.05) is 7.11 Å². The quantitative estimate of drug-likeness (QED) is 0.523. The van der Waals surface area contributed by atoms with E-state index in [2.05, 4.69) is 4.74 Å². The third kappa shape index (κ3) is 2.76. The third-order valence-electron chi connectivity index (χ3n) is 1.65. The molecule has 1 aromatic carbocycles. The molecular formula is C11H9NO2. The fourth-order valence-electron chi connectivity index (χ4n) is 0.901. The minimum Gasteiger partial charge on any atom is -0.466 e. The third-order valence-corrected chi connectivity index (χ3v) is 1.65. The second-order valence-electron chi connectivity index (χ2n) is 2.59. The summed E-state index contributed by atoms with van der Waals surface area (Å²) in [6, 6.07) is 8.92. The van der Waals surface area contributed by atoms with Crippen LogP contribution in [0, 0.1) is 11.3 Å². The Morgan fingerprint density at radius 3 is 2.57 bits per heavy atom. The number of nitrogens with zero attached hydrogens (tertiary/aromatic N) is 1. The van der Waals surface area contributed by atoms with Gasteiger partial charge in [-0.2, -0.15) is 5.26 Å². The van der Waals surface area contributed by atoms with Crippen LogP contribution in [0.25, 0.3) is 6.08 Å². The Morgan fingerprint density at radius 1 is 1.43 bits per heavy atom. The van der Waals surface area contributed by atoms with Crippen molar-refractivity contribution in [2.24, 2.45) is 0 Å². The molecule has 0 N–H and O–H groups in total. The molecule has 70 valence electrons. The van der Waals surface area contributed by atoms with Crippen molar-refractivity contribution in [3.8, 4) is 6.07 Å². The van der Waals surface area contributed by atoms with Crippen molar-refractivity contribution in [3.05, 3.63) is 41.5 Å². The highest BCUT2D eigenvalue weighted by atomic mass is 16.5. The molecule has 0 aliphatic carbocycles. The second kappa shape index (κ2) is 4.83. The highest BCUT2D eigenvalue weighted by Crippen LogP contribution is 2.05. The van der Waals surface area contributed by atoms with Gasteiger partial charge in [0, 0.05) is 6.08 Å². The Balaban J connectivity index is 2.74. The van der Waals surface area contributed by atoms with E-state index in [0.29, 0.717) is 5.56 Å². The smallest absolute Gasteiger partial charge is 0.330 e. The second-order valence-corrected chi connectivity index (χ2v) is 2.59. The van der Waals surface area contributed by atoms with Gasteiger partial charge in [-0.1, -0.05) is 12.1 Å². The maximum atomic E-state index is 10.7. The van der Waals surface area contributed by atoms with Crippen LogP contribution in [0.3, 0.4) is 0 Å².